The fourth-order valence-electron chi connectivity index (χ4n) is 2.05. The van der Waals surface area contributed by atoms with Crippen LogP contribution in [0.15, 0.2) is 35.5 Å². The second kappa shape index (κ2) is 5.95. The van der Waals surface area contributed by atoms with Crippen molar-refractivity contribution >= 4 is 0 Å². The third kappa shape index (κ3) is 4.51. The van der Waals surface area contributed by atoms with E-state index in [0.717, 1.165) is 5.92 Å². The molecule has 0 heteroatoms. The van der Waals surface area contributed by atoms with Crippen LogP contribution in [0, 0.1) is 5.92 Å². The highest BCUT2D eigenvalue weighted by Gasteiger charge is 2.10. The molecular weight excluding hydrogens is 180 g/mol. The Balaban J connectivity index is 2.29. The van der Waals surface area contributed by atoms with Gasteiger partial charge in [0.25, 0.3) is 0 Å². The van der Waals surface area contributed by atoms with Gasteiger partial charge in [-0.25, -0.2) is 0 Å². The highest BCUT2D eigenvalue weighted by molar-refractivity contribution is 5.21. The number of hydrogen-bond acceptors (Lipinski definition) is 0. The number of hydrogen-bond donors (Lipinski definition) is 0. The fraction of sp³-hybridized carbons (Fsp3) is 0.600. The lowest BCUT2D eigenvalue weighted by Gasteiger charge is -2.18. The molecule has 15 heavy (non-hydrogen) atoms. The maximum Gasteiger partial charge on any atom is -0.0133 e. The summed E-state index contributed by atoms with van der Waals surface area (Å²) >= 11 is 0. The van der Waals surface area contributed by atoms with Gasteiger partial charge < -0.3 is 0 Å². The molecule has 0 aromatic rings. The summed E-state index contributed by atoms with van der Waals surface area (Å²) in [7, 11) is 0. The summed E-state index contributed by atoms with van der Waals surface area (Å²) in [4.78, 5) is 0. The summed E-state index contributed by atoms with van der Waals surface area (Å²) in [6.07, 6.45) is 10.9. The topological polar surface area (TPSA) is 0 Å². The second-order valence-corrected chi connectivity index (χ2v) is 4.99. The van der Waals surface area contributed by atoms with Gasteiger partial charge in [-0.2, -0.15) is 0 Å². The molecule has 0 nitrogen and oxygen atoms in total. The molecule has 0 fully saturated rings. The van der Waals surface area contributed by atoms with E-state index in [0.29, 0.717) is 0 Å². The van der Waals surface area contributed by atoms with Crippen LogP contribution in [-0.4, -0.2) is 0 Å². The molecule has 1 aliphatic carbocycles. The first kappa shape index (κ1) is 12.3. The van der Waals surface area contributed by atoms with Gasteiger partial charge in [0.1, 0.15) is 0 Å². The van der Waals surface area contributed by atoms with Crippen LogP contribution in [0.5, 0.6) is 0 Å². The van der Waals surface area contributed by atoms with E-state index in [4.69, 9.17) is 0 Å². The minimum atomic E-state index is 0.758. The van der Waals surface area contributed by atoms with Crippen LogP contribution >= 0.6 is 0 Å². The molecule has 0 heterocycles. The summed E-state index contributed by atoms with van der Waals surface area (Å²) in [5.41, 5.74) is 4.48. The predicted octanol–water partition coefficient (Wildman–Crippen LogP) is 5.04. The molecule has 1 aliphatic rings. The molecule has 0 radical (unpaired) electrons. The molecule has 84 valence electrons. The van der Waals surface area contributed by atoms with Gasteiger partial charge in [0.2, 0.25) is 0 Å². The molecule has 1 rings (SSSR count). The van der Waals surface area contributed by atoms with Gasteiger partial charge in [0.05, 0.1) is 0 Å². The van der Waals surface area contributed by atoms with Gasteiger partial charge in [0, 0.05) is 0 Å². The molecule has 0 saturated heterocycles. The van der Waals surface area contributed by atoms with Crippen LogP contribution in [-0.2, 0) is 0 Å². The Bertz CT molecular complexity index is 278. The second-order valence-electron chi connectivity index (χ2n) is 4.99. The van der Waals surface area contributed by atoms with Gasteiger partial charge in [-0.05, 0) is 51.9 Å². The molecule has 0 aromatic carbocycles. The van der Waals surface area contributed by atoms with Crippen molar-refractivity contribution in [2.24, 2.45) is 5.92 Å². The number of allylic oxidation sites excluding steroid dienone is 5. The Kier molecular flexibility index (Phi) is 4.87. The van der Waals surface area contributed by atoms with Gasteiger partial charge >= 0.3 is 0 Å². The molecule has 0 N–H and O–H groups in total. The first-order chi connectivity index (χ1) is 7.09. The predicted molar refractivity (Wildman–Crippen MR) is 68.9 cm³/mol. The van der Waals surface area contributed by atoms with Crippen LogP contribution in [0.3, 0.4) is 0 Å². The van der Waals surface area contributed by atoms with Crippen molar-refractivity contribution < 1.29 is 0 Å². The van der Waals surface area contributed by atoms with Crippen LogP contribution < -0.4 is 0 Å². The van der Waals surface area contributed by atoms with Crippen molar-refractivity contribution in [3.8, 4) is 0 Å². The summed E-state index contributed by atoms with van der Waals surface area (Å²) in [6.45, 7) is 10.7. The maximum atomic E-state index is 3.95. The smallest absolute Gasteiger partial charge is 0.0133 e. The average Bonchev–Trinajstić information content (AvgIpc) is 2.18. The van der Waals surface area contributed by atoms with E-state index in [-0.39, 0.29) is 0 Å². The van der Waals surface area contributed by atoms with Crippen molar-refractivity contribution in [2.75, 3.05) is 0 Å². The first-order valence-electron chi connectivity index (χ1n) is 6.08. The third-order valence-electron chi connectivity index (χ3n) is 3.25. The minimum absolute atomic E-state index is 0.758. The lowest BCUT2D eigenvalue weighted by Crippen LogP contribution is -2.02. The Morgan fingerprint density at radius 1 is 1.40 bits per heavy atom. The Hall–Kier alpha value is -0.780. The van der Waals surface area contributed by atoms with Gasteiger partial charge in [0.15, 0.2) is 0 Å². The Morgan fingerprint density at radius 2 is 2.13 bits per heavy atom. The van der Waals surface area contributed by atoms with E-state index in [2.05, 4.69) is 39.5 Å². The van der Waals surface area contributed by atoms with E-state index in [1.807, 2.05) is 0 Å². The van der Waals surface area contributed by atoms with Crippen molar-refractivity contribution in [2.45, 2.75) is 52.9 Å². The minimum Gasteiger partial charge on any atom is -0.100 e. The highest BCUT2D eigenvalue weighted by Crippen LogP contribution is 2.26. The standard InChI is InChI=1S/C15H24/c1-12(2)6-5-7-14(4)15-10-8-13(3)9-11-15/h8,11,14H,1,5-7,9-10H2,2-4H3. The van der Waals surface area contributed by atoms with Crippen LogP contribution in [0.1, 0.15) is 52.9 Å². The van der Waals surface area contributed by atoms with Crippen molar-refractivity contribution in [1.82, 2.24) is 0 Å². The van der Waals surface area contributed by atoms with E-state index >= 15 is 0 Å². The average molecular weight is 204 g/mol. The van der Waals surface area contributed by atoms with E-state index < -0.39 is 0 Å². The highest BCUT2D eigenvalue weighted by atomic mass is 14.2. The lowest BCUT2D eigenvalue weighted by atomic mass is 9.88. The summed E-state index contributed by atoms with van der Waals surface area (Å²) in [5.74, 6) is 0.758. The molecular formula is C15H24. The molecule has 0 spiro atoms. The SMILES string of the molecule is C=C(C)CCCC(C)C1=CCC(C)=CC1. The van der Waals surface area contributed by atoms with Crippen LogP contribution in [0.4, 0.5) is 0 Å². The molecule has 0 aliphatic heterocycles. The molecule has 0 amide bonds. The molecule has 1 atom stereocenters. The van der Waals surface area contributed by atoms with E-state index in [1.165, 1.54) is 43.3 Å². The fourth-order valence-corrected chi connectivity index (χ4v) is 2.05. The van der Waals surface area contributed by atoms with Gasteiger partial charge in [-0.1, -0.05) is 35.8 Å². The largest absolute Gasteiger partial charge is 0.100 e. The van der Waals surface area contributed by atoms with Gasteiger partial charge in [-0.15, -0.1) is 6.58 Å². The number of rotatable bonds is 5. The summed E-state index contributed by atoms with van der Waals surface area (Å²) < 4.78 is 0. The monoisotopic (exact) mass is 204 g/mol. The van der Waals surface area contributed by atoms with Gasteiger partial charge in [-0.3, -0.25) is 0 Å². The van der Waals surface area contributed by atoms with Crippen LogP contribution in [0.2, 0.25) is 0 Å². The van der Waals surface area contributed by atoms with Crippen molar-refractivity contribution in [3.63, 3.8) is 0 Å². The molecule has 0 aromatic heterocycles. The van der Waals surface area contributed by atoms with Crippen molar-refractivity contribution in [1.29, 1.82) is 0 Å². The molecule has 1 unspecified atom stereocenters. The molecule has 0 saturated carbocycles. The Labute approximate surface area is 94.8 Å². The first-order valence-corrected chi connectivity index (χ1v) is 6.08. The zero-order valence-electron chi connectivity index (χ0n) is 10.5. The van der Waals surface area contributed by atoms with E-state index in [9.17, 15) is 0 Å². The van der Waals surface area contributed by atoms with Crippen molar-refractivity contribution in [3.05, 3.63) is 35.5 Å². The molecule has 0 bridgehead atoms. The lowest BCUT2D eigenvalue weighted by molar-refractivity contribution is 0.565. The third-order valence-corrected chi connectivity index (χ3v) is 3.25. The normalized spacial score (nSPS) is 18.1. The zero-order chi connectivity index (χ0) is 11.3. The summed E-state index contributed by atoms with van der Waals surface area (Å²) in [5, 5.41) is 0. The Morgan fingerprint density at radius 3 is 2.67 bits per heavy atom. The zero-order valence-corrected chi connectivity index (χ0v) is 10.5. The van der Waals surface area contributed by atoms with E-state index in [1.54, 1.807) is 5.57 Å². The quantitative estimate of drug-likeness (QED) is 0.551. The van der Waals surface area contributed by atoms with Crippen LogP contribution in [0.25, 0.3) is 0 Å². The summed E-state index contributed by atoms with van der Waals surface area (Å²) in [6, 6.07) is 0. The maximum absolute atomic E-state index is 3.95.